The van der Waals surface area contributed by atoms with Crippen LogP contribution in [-0.4, -0.2) is 49.1 Å². The van der Waals surface area contributed by atoms with Crippen LogP contribution in [0.5, 0.6) is 0 Å². The molecule has 0 radical (unpaired) electrons. The molecule has 0 saturated carbocycles. The summed E-state index contributed by atoms with van der Waals surface area (Å²) < 4.78 is 3.63. The standard InChI is InChI=1S/C12H19N2S/c1-14(2)10-8-13(9-11-14)15-12-6-4-3-5-7-12/h3-7H,8-11H2,1-2H3/q+1. The highest BCUT2D eigenvalue weighted by Crippen LogP contribution is 2.24. The molecule has 1 heterocycles. The van der Waals surface area contributed by atoms with Crippen LogP contribution < -0.4 is 0 Å². The Morgan fingerprint density at radius 2 is 1.67 bits per heavy atom. The monoisotopic (exact) mass is 223 g/mol. The maximum absolute atomic E-state index is 2.47. The SMILES string of the molecule is C[N+]1(C)CCN(Sc2ccccc2)CC1. The lowest BCUT2D eigenvalue weighted by molar-refractivity contribution is -0.893. The van der Waals surface area contributed by atoms with Crippen LogP contribution in [0, 0.1) is 0 Å². The van der Waals surface area contributed by atoms with E-state index in [-0.39, 0.29) is 0 Å². The molecule has 3 heteroatoms. The molecular weight excluding hydrogens is 204 g/mol. The zero-order chi connectivity index (χ0) is 10.7. The van der Waals surface area contributed by atoms with Crippen molar-refractivity contribution in [1.29, 1.82) is 0 Å². The molecule has 0 bridgehead atoms. The summed E-state index contributed by atoms with van der Waals surface area (Å²) >= 11 is 1.89. The van der Waals surface area contributed by atoms with Crippen LogP contribution in [0.3, 0.4) is 0 Å². The van der Waals surface area contributed by atoms with Crippen molar-refractivity contribution in [3.05, 3.63) is 30.3 Å². The van der Waals surface area contributed by atoms with Crippen molar-refractivity contribution < 1.29 is 4.48 Å². The van der Waals surface area contributed by atoms with E-state index in [2.05, 4.69) is 48.7 Å². The van der Waals surface area contributed by atoms with Crippen LogP contribution in [0.4, 0.5) is 0 Å². The molecule has 0 amide bonds. The Morgan fingerprint density at radius 3 is 2.27 bits per heavy atom. The first-order valence-electron chi connectivity index (χ1n) is 5.46. The summed E-state index contributed by atoms with van der Waals surface area (Å²) in [4.78, 5) is 1.35. The predicted molar refractivity (Wildman–Crippen MR) is 65.7 cm³/mol. The van der Waals surface area contributed by atoms with E-state index in [0.717, 1.165) is 4.48 Å². The van der Waals surface area contributed by atoms with Gasteiger partial charge in [0.25, 0.3) is 0 Å². The summed E-state index contributed by atoms with van der Waals surface area (Å²) in [5, 5.41) is 0. The number of likely N-dealkylation sites (N-methyl/N-ethyl adjacent to an activating group) is 1. The number of hydrogen-bond acceptors (Lipinski definition) is 2. The number of benzene rings is 1. The zero-order valence-electron chi connectivity index (χ0n) is 9.52. The normalized spacial score (nSPS) is 21.5. The number of hydrogen-bond donors (Lipinski definition) is 0. The van der Waals surface area contributed by atoms with Gasteiger partial charge in [-0.15, -0.1) is 0 Å². The van der Waals surface area contributed by atoms with Crippen molar-refractivity contribution >= 4 is 11.9 Å². The summed E-state index contributed by atoms with van der Waals surface area (Å²) in [5.41, 5.74) is 0. The van der Waals surface area contributed by atoms with Gasteiger partial charge in [-0.1, -0.05) is 18.2 Å². The summed E-state index contributed by atoms with van der Waals surface area (Å²) in [5.74, 6) is 0. The third-order valence-electron chi connectivity index (χ3n) is 2.89. The van der Waals surface area contributed by atoms with E-state index in [9.17, 15) is 0 Å². The molecule has 0 spiro atoms. The molecule has 0 aromatic heterocycles. The van der Waals surface area contributed by atoms with E-state index < -0.39 is 0 Å². The molecule has 0 N–H and O–H groups in total. The van der Waals surface area contributed by atoms with Gasteiger partial charge < -0.3 is 4.48 Å². The molecule has 1 aliphatic heterocycles. The topological polar surface area (TPSA) is 3.24 Å². The zero-order valence-corrected chi connectivity index (χ0v) is 10.3. The Morgan fingerprint density at radius 1 is 1.07 bits per heavy atom. The van der Waals surface area contributed by atoms with Gasteiger partial charge in [-0.2, -0.15) is 0 Å². The summed E-state index contributed by atoms with van der Waals surface area (Å²) in [6.45, 7) is 4.87. The molecule has 1 saturated heterocycles. The van der Waals surface area contributed by atoms with Crippen LogP contribution >= 0.6 is 11.9 Å². The molecule has 1 fully saturated rings. The lowest BCUT2D eigenvalue weighted by atomic mass is 10.3. The van der Waals surface area contributed by atoms with Gasteiger partial charge >= 0.3 is 0 Å². The van der Waals surface area contributed by atoms with Crippen LogP contribution in [0.25, 0.3) is 0 Å². The van der Waals surface area contributed by atoms with Gasteiger partial charge in [-0.25, -0.2) is 4.31 Å². The lowest BCUT2D eigenvalue weighted by Crippen LogP contribution is -2.52. The Hall–Kier alpha value is -0.510. The molecule has 1 aromatic carbocycles. The van der Waals surface area contributed by atoms with Crippen molar-refractivity contribution in [2.75, 3.05) is 40.3 Å². The lowest BCUT2D eigenvalue weighted by Gasteiger charge is -2.38. The second-order valence-electron chi connectivity index (χ2n) is 4.72. The fourth-order valence-corrected chi connectivity index (χ4v) is 2.63. The fraction of sp³-hybridized carbons (Fsp3) is 0.500. The second kappa shape index (κ2) is 4.56. The van der Waals surface area contributed by atoms with Gasteiger partial charge in [0.05, 0.1) is 40.3 Å². The minimum atomic E-state index is 1.16. The predicted octanol–water partition coefficient (Wildman–Crippen LogP) is 2.09. The third-order valence-corrected chi connectivity index (χ3v) is 3.99. The Labute approximate surface area is 96.6 Å². The van der Waals surface area contributed by atoms with E-state index in [0.29, 0.717) is 0 Å². The van der Waals surface area contributed by atoms with Crippen LogP contribution in [0.15, 0.2) is 35.2 Å². The van der Waals surface area contributed by atoms with E-state index in [4.69, 9.17) is 0 Å². The van der Waals surface area contributed by atoms with Crippen molar-refractivity contribution in [2.45, 2.75) is 4.90 Å². The van der Waals surface area contributed by atoms with Crippen LogP contribution in [-0.2, 0) is 0 Å². The maximum atomic E-state index is 2.47. The van der Waals surface area contributed by atoms with Crippen molar-refractivity contribution in [3.8, 4) is 0 Å². The Kier molecular flexibility index (Phi) is 3.34. The highest BCUT2D eigenvalue weighted by atomic mass is 32.2. The molecule has 0 aliphatic carbocycles. The smallest absolute Gasteiger partial charge is 0.0921 e. The quantitative estimate of drug-likeness (QED) is 0.558. The molecule has 2 nitrogen and oxygen atoms in total. The van der Waals surface area contributed by atoms with Crippen molar-refractivity contribution in [2.24, 2.45) is 0 Å². The summed E-state index contributed by atoms with van der Waals surface area (Å²) in [6.07, 6.45) is 0. The molecule has 0 atom stereocenters. The average Bonchev–Trinajstić information content (AvgIpc) is 2.23. The number of nitrogens with zero attached hydrogens (tertiary/aromatic N) is 2. The first kappa shape index (κ1) is 11.0. The highest BCUT2D eigenvalue weighted by molar-refractivity contribution is 7.97. The van der Waals surface area contributed by atoms with Crippen molar-refractivity contribution in [3.63, 3.8) is 0 Å². The Bertz CT molecular complexity index is 301. The first-order valence-corrected chi connectivity index (χ1v) is 6.23. The highest BCUT2D eigenvalue weighted by Gasteiger charge is 2.24. The van der Waals surface area contributed by atoms with Gasteiger partial charge in [0.2, 0.25) is 0 Å². The average molecular weight is 223 g/mol. The fourth-order valence-electron chi connectivity index (χ4n) is 1.71. The molecule has 1 aromatic rings. The number of quaternary nitrogens is 1. The van der Waals surface area contributed by atoms with Gasteiger partial charge in [0.15, 0.2) is 0 Å². The molecule has 82 valence electrons. The third kappa shape index (κ3) is 3.23. The number of rotatable bonds is 2. The van der Waals surface area contributed by atoms with E-state index in [1.54, 1.807) is 0 Å². The Balaban J connectivity index is 1.88. The minimum Gasteiger partial charge on any atom is -0.326 e. The van der Waals surface area contributed by atoms with E-state index >= 15 is 0 Å². The van der Waals surface area contributed by atoms with Crippen molar-refractivity contribution in [1.82, 2.24) is 4.31 Å². The molecule has 1 aliphatic rings. The van der Waals surface area contributed by atoms with Gasteiger partial charge in [-0.05, 0) is 24.1 Å². The largest absolute Gasteiger partial charge is 0.326 e. The molecular formula is C12H19N2S+. The second-order valence-corrected chi connectivity index (χ2v) is 5.89. The van der Waals surface area contributed by atoms with E-state index in [1.807, 2.05) is 11.9 Å². The van der Waals surface area contributed by atoms with Gasteiger partial charge in [0.1, 0.15) is 0 Å². The number of piperazine rings is 1. The summed E-state index contributed by atoms with van der Waals surface area (Å²) in [6, 6.07) is 10.6. The van der Waals surface area contributed by atoms with E-state index in [1.165, 1.54) is 31.1 Å². The van der Waals surface area contributed by atoms with Crippen LogP contribution in [0.2, 0.25) is 0 Å². The van der Waals surface area contributed by atoms with Gasteiger partial charge in [0, 0.05) is 4.90 Å². The van der Waals surface area contributed by atoms with Gasteiger partial charge in [-0.3, -0.25) is 0 Å². The maximum Gasteiger partial charge on any atom is 0.0921 e. The molecule has 2 rings (SSSR count). The minimum absolute atomic E-state index is 1.16. The molecule has 0 unspecified atom stereocenters. The van der Waals surface area contributed by atoms with Crippen LogP contribution in [0.1, 0.15) is 0 Å². The molecule has 15 heavy (non-hydrogen) atoms. The first-order chi connectivity index (χ1) is 7.16. The summed E-state index contributed by atoms with van der Waals surface area (Å²) in [7, 11) is 4.62.